The second kappa shape index (κ2) is 10.1. The van der Waals surface area contributed by atoms with Gasteiger partial charge in [-0.25, -0.2) is 0 Å². The lowest BCUT2D eigenvalue weighted by atomic mass is 9.82. The van der Waals surface area contributed by atoms with Crippen LogP contribution in [-0.4, -0.2) is 5.11 Å². The fourth-order valence-corrected chi connectivity index (χ4v) is 8.80. The van der Waals surface area contributed by atoms with E-state index >= 15 is 0 Å². The van der Waals surface area contributed by atoms with Crippen LogP contribution in [0.1, 0.15) is 17.5 Å². The standard InChI is InChI=1S/C45H26OS/c46-40-20-10-13-29-25-39(31-14-2-1-3-15-32(31)44(29)40)45-35-18-8-6-16-33(35)43(34-17-7-9-19-36(34)45)30-21-22-41-37(24-30)38-23-27-11-4-5-12-28(27)26-42(38)47-41/h2,4-14,16-26,46H,1H2. The third kappa shape index (κ3) is 3.91. The van der Waals surface area contributed by atoms with E-state index in [0.29, 0.717) is 6.42 Å². The van der Waals surface area contributed by atoms with Gasteiger partial charge in [0.15, 0.2) is 0 Å². The van der Waals surface area contributed by atoms with Gasteiger partial charge >= 0.3 is 0 Å². The third-order valence-electron chi connectivity index (χ3n) is 9.73. The maximum Gasteiger partial charge on any atom is 0.124 e. The van der Waals surface area contributed by atoms with E-state index in [-0.39, 0.29) is 5.75 Å². The Bertz CT molecular complexity index is 2840. The Kier molecular flexibility index (Phi) is 5.64. The van der Waals surface area contributed by atoms with E-state index in [1.807, 2.05) is 17.4 Å². The van der Waals surface area contributed by atoms with Crippen LogP contribution in [0.4, 0.5) is 0 Å². The minimum absolute atomic E-state index is 0.268. The summed E-state index contributed by atoms with van der Waals surface area (Å²) in [5.41, 5.74) is 6.76. The molecule has 10 rings (SSSR count). The molecule has 0 bridgehead atoms. The summed E-state index contributed by atoms with van der Waals surface area (Å²) in [4.78, 5) is 0. The summed E-state index contributed by atoms with van der Waals surface area (Å²) in [6, 6.07) is 46.0. The highest BCUT2D eigenvalue weighted by atomic mass is 32.1. The van der Waals surface area contributed by atoms with Gasteiger partial charge in [0.05, 0.1) is 0 Å². The van der Waals surface area contributed by atoms with Crippen LogP contribution in [0.25, 0.3) is 91.6 Å². The van der Waals surface area contributed by atoms with Gasteiger partial charge in [0.2, 0.25) is 0 Å². The van der Waals surface area contributed by atoms with Crippen molar-refractivity contribution in [3.8, 4) is 39.8 Å². The second-order valence-corrected chi connectivity index (χ2v) is 13.4. The van der Waals surface area contributed by atoms with Gasteiger partial charge in [-0.1, -0.05) is 115 Å². The van der Waals surface area contributed by atoms with Crippen molar-refractivity contribution in [1.29, 1.82) is 0 Å². The molecule has 1 heterocycles. The van der Waals surface area contributed by atoms with E-state index in [9.17, 15) is 5.11 Å². The highest BCUT2D eigenvalue weighted by Crippen LogP contribution is 2.48. The number of rotatable bonds is 2. The fraction of sp³-hybridized carbons (Fsp3) is 0.0222. The first-order valence-electron chi connectivity index (χ1n) is 16.0. The zero-order valence-corrected chi connectivity index (χ0v) is 26.2. The van der Waals surface area contributed by atoms with Crippen LogP contribution in [0.5, 0.6) is 5.75 Å². The van der Waals surface area contributed by atoms with E-state index in [2.05, 4.69) is 139 Å². The maximum atomic E-state index is 11.0. The Morgan fingerprint density at radius 1 is 0.553 bits per heavy atom. The summed E-state index contributed by atoms with van der Waals surface area (Å²) in [5.74, 6) is 6.98. The Morgan fingerprint density at radius 3 is 1.98 bits per heavy atom. The first kappa shape index (κ1) is 26.3. The number of fused-ring (bicyclic) bond motifs is 9. The molecule has 0 saturated carbocycles. The molecule has 1 nitrogen and oxygen atoms in total. The summed E-state index contributed by atoms with van der Waals surface area (Å²) >= 11 is 1.87. The lowest BCUT2D eigenvalue weighted by Crippen LogP contribution is -1.95. The molecule has 0 unspecified atom stereocenters. The predicted molar refractivity (Wildman–Crippen MR) is 202 cm³/mol. The Hall–Kier alpha value is -5.88. The molecule has 1 aliphatic rings. The minimum Gasteiger partial charge on any atom is -0.507 e. The van der Waals surface area contributed by atoms with Crippen molar-refractivity contribution in [3.63, 3.8) is 0 Å². The molecule has 0 radical (unpaired) electrons. The molecule has 8 aromatic carbocycles. The molecule has 9 aromatic rings. The summed E-state index contributed by atoms with van der Waals surface area (Å²) in [7, 11) is 0. The van der Waals surface area contributed by atoms with Gasteiger partial charge in [-0.2, -0.15) is 0 Å². The van der Waals surface area contributed by atoms with Gasteiger partial charge in [0.25, 0.3) is 0 Å². The first-order chi connectivity index (χ1) is 23.2. The summed E-state index contributed by atoms with van der Waals surface area (Å²) in [6.07, 6.45) is 5.00. The van der Waals surface area contributed by atoms with E-state index in [1.165, 1.54) is 69.2 Å². The molecular weight excluding hydrogens is 589 g/mol. The van der Waals surface area contributed by atoms with E-state index in [1.54, 1.807) is 6.07 Å². The normalized spacial score (nSPS) is 12.6. The molecule has 47 heavy (non-hydrogen) atoms. The van der Waals surface area contributed by atoms with Gasteiger partial charge in [0.1, 0.15) is 5.75 Å². The highest BCUT2D eigenvalue weighted by molar-refractivity contribution is 7.25. The number of aromatic hydroxyl groups is 1. The number of allylic oxidation sites excluding steroid dienone is 1. The van der Waals surface area contributed by atoms with Crippen molar-refractivity contribution in [2.75, 3.05) is 0 Å². The topological polar surface area (TPSA) is 20.2 Å². The molecule has 0 spiro atoms. The predicted octanol–water partition coefficient (Wildman–Crippen LogP) is 12.5. The molecule has 1 aliphatic carbocycles. The lowest BCUT2D eigenvalue weighted by Gasteiger charge is -2.20. The number of thiophene rings is 1. The highest BCUT2D eigenvalue weighted by Gasteiger charge is 2.22. The maximum absolute atomic E-state index is 11.0. The Balaban J connectivity index is 1.31. The second-order valence-electron chi connectivity index (χ2n) is 12.3. The Morgan fingerprint density at radius 2 is 1.21 bits per heavy atom. The number of phenols is 1. The number of benzene rings is 8. The molecule has 0 atom stereocenters. The van der Waals surface area contributed by atoms with E-state index in [0.717, 1.165) is 27.5 Å². The van der Waals surface area contributed by atoms with Gasteiger partial charge in [0, 0.05) is 37.5 Å². The average molecular weight is 615 g/mol. The summed E-state index contributed by atoms with van der Waals surface area (Å²) in [6.45, 7) is 0. The molecule has 0 saturated heterocycles. The zero-order chi connectivity index (χ0) is 31.1. The molecule has 0 amide bonds. The quantitative estimate of drug-likeness (QED) is 0.152. The van der Waals surface area contributed by atoms with Crippen molar-refractivity contribution in [3.05, 3.63) is 145 Å². The van der Waals surface area contributed by atoms with Crippen molar-refractivity contribution >= 4 is 80.7 Å². The molecule has 218 valence electrons. The number of hydrogen-bond donors (Lipinski definition) is 1. The molecule has 1 aromatic heterocycles. The van der Waals surface area contributed by atoms with Crippen LogP contribution in [0.15, 0.2) is 133 Å². The van der Waals surface area contributed by atoms with Gasteiger partial charge in [-0.3, -0.25) is 0 Å². The minimum atomic E-state index is 0.268. The van der Waals surface area contributed by atoms with Gasteiger partial charge in [-0.15, -0.1) is 11.3 Å². The Labute approximate surface area is 275 Å². The van der Waals surface area contributed by atoms with Crippen LogP contribution in [-0.2, 0) is 0 Å². The largest absolute Gasteiger partial charge is 0.507 e. The smallest absolute Gasteiger partial charge is 0.124 e. The molecule has 0 aliphatic heterocycles. The van der Waals surface area contributed by atoms with Crippen LogP contribution in [0, 0.1) is 11.8 Å². The van der Waals surface area contributed by atoms with Crippen LogP contribution in [0.3, 0.4) is 0 Å². The van der Waals surface area contributed by atoms with E-state index in [4.69, 9.17) is 0 Å². The van der Waals surface area contributed by atoms with Gasteiger partial charge in [-0.05, 0) is 102 Å². The molecular formula is C45H26OS. The molecule has 0 fully saturated rings. The average Bonchev–Trinajstić information content (AvgIpc) is 3.27. The van der Waals surface area contributed by atoms with Crippen molar-refractivity contribution in [2.24, 2.45) is 0 Å². The van der Waals surface area contributed by atoms with Crippen LogP contribution in [0.2, 0.25) is 0 Å². The molecule has 2 heteroatoms. The van der Waals surface area contributed by atoms with Crippen molar-refractivity contribution in [1.82, 2.24) is 0 Å². The summed E-state index contributed by atoms with van der Waals surface area (Å²) in [5, 5.41) is 22.8. The van der Waals surface area contributed by atoms with Gasteiger partial charge < -0.3 is 5.11 Å². The van der Waals surface area contributed by atoms with Crippen molar-refractivity contribution < 1.29 is 5.11 Å². The third-order valence-corrected chi connectivity index (χ3v) is 10.9. The lowest BCUT2D eigenvalue weighted by molar-refractivity contribution is 0.481. The summed E-state index contributed by atoms with van der Waals surface area (Å²) < 4.78 is 2.62. The monoisotopic (exact) mass is 614 g/mol. The SMILES string of the molecule is Oc1cccc2cc(-c3c4ccccc4c(-c4ccc5sc6cc7ccccc7cc6c5c4)c4ccccc34)c3c(c12)C#CCC=C3. The van der Waals surface area contributed by atoms with Crippen LogP contribution < -0.4 is 0 Å². The van der Waals surface area contributed by atoms with Crippen molar-refractivity contribution in [2.45, 2.75) is 6.42 Å². The first-order valence-corrected chi connectivity index (χ1v) is 16.8. The number of phenolic OH excluding ortho intramolecular Hbond substituents is 1. The number of hydrogen-bond acceptors (Lipinski definition) is 2. The zero-order valence-electron chi connectivity index (χ0n) is 25.3. The van der Waals surface area contributed by atoms with Crippen LogP contribution >= 0.6 is 11.3 Å². The fourth-order valence-electron chi connectivity index (χ4n) is 7.69. The van der Waals surface area contributed by atoms with E-state index < -0.39 is 0 Å². The molecule has 1 N–H and O–H groups in total.